The van der Waals surface area contributed by atoms with Crippen LogP contribution in [0, 0.1) is 0 Å². The molecule has 1 aliphatic rings. The molecule has 1 aliphatic heterocycles. The zero-order valence-electron chi connectivity index (χ0n) is 15.5. The monoisotopic (exact) mass is 359 g/mol. The van der Waals surface area contributed by atoms with Crippen LogP contribution in [0.25, 0.3) is 11.1 Å². The fraction of sp³-hybridized carbons (Fsp3) is 0.250. The first-order valence-electron chi connectivity index (χ1n) is 9.53. The fourth-order valence-electron chi connectivity index (χ4n) is 3.45. The summed E-state index contributed by atoms with van der Waals surface area (Å²) in [6.07, 6.45) is 0.0999. The van der Waals surface area contributed by atoms with Gasteiger partial charge in [-0.15, -0.1) is 0 Å². The van der Waals surface area contributed by atoms with Crippen LogP contribution in [0.4, 0.5) is 0 Å². The predicted octanol–water partition coefficient (Wildman–Crippen LogP) is 4.63. The van der Waals surface area contributed by atoms with Gasteiger partial charge >= 0.3 is 0 Å². The first-order chi connectivity index (χ1) is 13.4. The van der Waals surface area contributed by atoms with E-state index in [1.54, 1.807) is 0 Å². The van der Waals surface area contributed by atoms with Crippen LogP contribution >= 0.6 is 0 Å². The number of nitrogens with zero attached hydrogens (tertiary/aromatic N) is 1. The molecule has 0 aromatic heterocycles. The Hall–Kier alpha value is -2.62. The van der Waals surface area contributed by atoms with E-state index in [9.17, 15) is 0 Å². The van der Waals surface area contributed by atoms with Crippen LogP contribution in [0.15, 0.2) is 84.9 Å². The SMILES string of the molecule is c1ccc(CN2CCOC(COc3cccc(-c4ccccc4)c3)C2)cc1. The molecule has 3 heteroatoms. The molecule has 0 N–H and O–H groups in total. The summed E-state index contributed by atoms with van der Waals surface area (Å²) in [7, 11) is 0. The maximum atomic E-state index is 6.05. The van der Waals surface area contributed by atoms with Crippen molar-refractivity contribution in [2.75, 3.05) is 26.3 Å². The minimum Gasteiger partial charge on any atom is -0.491 e. The molecule has 3 aromatic carbocycles. The summed E-state index contributed by atoms with van der Waals surface area (Å²) in [5.41, 5.74) is 3.71. The Kier molecular flexibility index (Phi) is 5.83. The summed E-state index contributed by atoms with van der Waals surface area (Å²) < 4.78 is 12.0. The topological polar surface area (TPSA) is 21.7 Å². The molecular formula is C24H25NO2. The molecule has 0 bridgehead atoms. The van der Waals surface area contributed by atoms with Gasteiger partial charge < -0.3 is 9.47 Å². The molecule has 27 heavy (non-hydrogen) atoms. The van der Waals surface area contributed by atoms with E-state index in [2.05, 4.69) is 71.6 Å². The van der Waals surface area contributed by atoms with Gasteiger partial charge in [0.15, 0.2) is 0 Å². The molecule has 1 unspecified atom stereocenters. The van der Waals surface area contributed by atoms with Gasteiger partial charge in [-0.3, -0.25) is 4.90 Å². The molecule has 1 heterocycles. The first-order valence-corrected chi connectivity index (χ1v) is 9.53. The van der Waals surface area contributed by atoms with E-state index < -0.39 is 0 Å². The molecule has 3 aromatic rings. The molecule has 1 saturated heterocycles. The van der Waals surface area contributed by atoms with E-state index in [0.29, 0.717) is 6.61 Å². The zero-order valence-corrected chi connectivity index (χ0v) is 15.5. The lowest BCUT2D eigenvalue weighted by atomic mass is 10.1. The van der Waals surface area contributed by atoms with Crippen molar-refractivity contribution in [3.63, 3.8) is 0 Å². The van der Waals surface area contributed by atoms with Crippen molar-refractivity contribution < 1.29 is 9.47 Å². The Labute approximate surface area is 161 Å². The van der Waals surface area contributed by atoms with Crippen LogP contribution in [0.2, 0.25) is 0 Å². The highest BCUT2D eigenvalue weighted by Gasteiger charge is 2.21. The molecule has 3 nitrogen and oxygen atoms in total. The lowest BCUT2D eigenvalue weighted by molar-refractivity contribution is -0.0504. The highest BCUT2D eigenvalue weighted by atomic mass is 16.5. The third-order valence-corrected chi connectivity index (χ3v) is 4.85. The van der Waals surface area contributed by atoms with Crippen LogP contribution < -0.4 is 4.74 Å². The highest BCUT2D eigenvalue weighted by Crippen LogP contribution is 2.24. The molecule has 0 amide bonds. The van der Waals surface area contributed by atoms with Crippen molar-refractivity contribution in [2.24, 2.45) is 0 Å². The van der Waals surface area contributed by atoms with Gasteiger partial charge in [-0.2, -0.15) is 0 Å². The Morgan fingerprint density at radius 2 is 1.59 bits per heavy atom. The van der Waals surface area contributed by atoms with E-state index in [4.69, 9.17) is 9.47 Å². The Bertz CT molecular complexity index is 835. The summed E-state index contributed by atoms with van der Waals surface area (Å²) in [6, 6.07) is 29.2. The molecular weight excluding hydrogens is 334 g/mol. The summed E-state index contributed by atoms with van der Waals surface area (Å²) in [5.74, 6) is 0.889. The van der Waals surface area contributed by atoms with Crippen molar-refractivity contribution in [3.8, 4) is 16.9 Å². The summed E-state index contributed by atoms with van der Waals surface area (Å²) in [5, 5.41) is 0. The standard InChI is InChI=1S/C24H25NO2/c1-3-8-20(9-4-1)17-25-14-15-26-24(18-25)19-27-23-13-7-12-22(16-23)21-10-5-2-6-11-21/h1-13,16,24H,14-15,17-19H2. The third kappa shape index (κ3) is 4.97. The second-order valence-electron chi connectivity index (χ2n) is 6.92. The van der Waals surface area contributed by atoms with Crippen molar-refractivity contribution in [1.82, 2.24) is 4.90 Å². The second kappa shape index (κ2) is 8.85. The molecule has 0 radical (unpaired) electrons. The second-order valence-corrected chi connectivity index (χ2v) is 6.92. The fourth-order valence-corrected chi connectivity index (χ4v) is 3.45. The molecule has 138 valence electrons. The summed E-state index contributed by atoms with van der Waals surface area (Å²) >= 11 is 0. The maximum Gasteiger partial charge on any atom is 0.120 e. The lowest BCUT2D eigenvalue weighted by Gasteiger charge is -2.32. The van der Waals surface area contributed by atoms with Gasteiger partial charge in [0.25, 0.3) is 0 Å². The lowest BCUT2D eigenvalue weighted by Crippen LogP contribution is -2.44. The van der Waals surface area contributed by atoms with Gasteiger partial charge in [0.2, 0.25) is 0 Å². The van der Waals surface area contributed by atoms with Crippen molar-refractivity contribution in [1.29, 1.82) is 0 Å². The Morgan fingerprint density at radius 1 is 0.852 bits per heavy atom. The number of morpholine rings is 1. The zero-order chi connectivity index (χ0) is 18.3. The van der Waals surface area contributed by atoms with Gasteiger partial charge in [-0.05, 0) is 28.8 Å². The van der Waals surface area contributed by atoms with E-state index >= 15 is 0 Å². The smallest absolute Gasteiger partial charge is 0.120 e. The van der Waals surface area contributed by atoms with Crippen LogP contribution in [-0.2, 0) is 11.3 Å². The average molecular weight is 359 g/mol. The maximum absolute atomic E-state index is 6.05. The van der Waals surface area contributed by atoms with Crippen LogP contribution in [0.3, 0.4) is 0 Å². The van der Waals surface area contributed by atoms with E-state index in [-0.39, 0.29) is 6.10 Å². The Morgan fingerprint density at radius 3 is 2.41 bits per heavy atom. The summed E-state index contributed by atoms with van der Waals surface area (Å²) in [6.45, 7) is 4.15. The van der Waals surface area contributed by atoms with Crippen molar-refractivity contribution in [2.45, 2.75) is 12.6 Å². The number of hydrogen-bond acceptors (Lipinski definition) is 3. The molecule has 1 fully saturated rings. The number of ether oxygens (including phenoxy) is 2. The van der Waals surface area contributed by atoms with Crippen molar-refractivity contribution >= 4 is 0 Å². The van der Waals surface area contributed by atoms with Crippen molar-refractivity contribution in [3.05, 3.63) is 90.5 Å². The van der Waals surface area contributed by atoms with Gasteiger partial charge in [0.05, 0.1) is 6.61 Å². The number of benzene rings is 3. The van der Waals surface area contributed by atoms with Gasteiger partial charge in [0, 0.05) is 19.6 Å². The Balaban J connectivity index is 1.33. The van der Waals surface area contributed by atoms with Gasteiger partial charge in [-0.1, -0.05) is 72.8 Å². The number of hydrogen-bond donors (Lipinski definition) is 0. The molecule has 1 atom stereocenters. The quantitative estimate of drug-likeness (QED) is 0.640. The summed E-state index contributed by atoms with van der Waals surface area (Å²) in [4.78, 5) is 2.44. The third-order valence-electron chi connectivity index (χ3n) is 4.85. The van der Waals surface area contributed by atoms with Crippen LogP contribution in [0.1, 0.15) is 5.56 Å². The predicted molar refractivity (Wildman–Crippen MR) is 109 cm³/mol. The van der Waals surface area contributed by atoms with Crippen LogP contribution in [-0.4, -0.2) is 37.3 Å². The molecule has 0 saturated carbocycles. The van der Waals surface area contributed by atoms with E-state index in [1.807, 2.05) is 18.2 Å². The van der Waals surface area contributed by atoms with Gasteiger partial charge in [0.1, 0.15) is 18.5 Å². The molecule has 4 rings (SSSR count). The van der Waals surface area contributed by atoms with Crippen LogP contribution in [0.5, 0.6) is 5.75 Å². The molecule has 0 spiro atoms. The largest absolute Gasteiger partial charge is 0.491 e. The first kappa shape index (κ1) is 17.8. The number of rotatable bonds is 6. The minimum absolute atomic E-state index is 0.0999. The normalized spacial score (nSPS) is 17.6. The van der Waals surface area contributed by atoms with E-state index in [1.165, 1.54) is 16.7 Å². The van der Waals surface area contributed by atoms with E-state index in [0.717, 1.165) is 32.0 Å². The van der Waals surface area contributed by atoms with Gasteiger partial charge in [-0.25, -0.2) is 0 Å². The molecule has 0 aliphatic carbocycles. The highest BCUT2D eigenvalue weighted by molar-refractivity contribution is 5.64. The average Bonchev–Trinajstić information content (AvgIpc) is 2.74. The minimum atomic E-state index is 0.0999.